The average molecular weight is 742 g/mol. The second-order valence-corrected chi connectivity index (χ2v) is 14.4. The van der Waals surface area contributed by atoms with E-state index < -0.39 is 12.0 Å². The van der Waals surface area contributed by atoms with Crippen molar-refractivity contribution < 1.29 is 24.2 Å². The van der Waals surface area contributed by atoms with Crippen LogP contribution in [-0.4, -0.2) is 36.1 Å². The van der Waals surface area contributed by atoms with Crippen LogP contribution in [0.25, 0.3) is 10.8 Å². The number of hydrogen-bond donors (Lipinski definition) is 3. The molecule has 0 spiro atoms. The van der Waals surface area contributed by atoms with Crippen molar-refractivity contribution in [1.29, 1.82) is 0 Å². The molecule has 4 aromatic rings. The van der Waals surface area contributed by atoms with Gasteiger partial charge < -0.3 is 20.5 Å². The van der Waals surface area contributed by atoms with Crippen LogP contribution in [0, 0.1) is 0 Å². The van der Waals surface area contributed by atoms with E-state index in [0.717, 1.165) is 31.2 Å². The highest BCUT2D eigenvalue weighted by Gasteiger charge is 2.25. The van der Waals surface area contributed by atoms with Crippen LogP contribution in [0.1, 0.15) is 137 Å². The van der Waals surface area contributed by atoms with Crippen LogP contribution >= 0.6 is 11.6 Å². The van der Waals surface area contributed by atoms with Gasteiger partial charge in [0.15, 0.2) is 0 Å². The Morgan fingerprint density at radius 3 is 2.04 bits per heavy atom. The number of anilines is 2. The highest BCUT2D eigenvalue weighted by Crippen LogP contribution is 2.36. The Balaban J connectivity index is 1.56. The number of aromatic hydroxyl groups is 1. The molecule has 0 aliphatic carbocycles. The quantitative estimate of drug-likeness (QED) is 0.0782. The molecule has 4 rings (SSSR count). The number of rotatable bonds is 20. The van der Waals surface area contributed by atoms with Crippen molar-refractivity contribution in [3.8, 4) is 11.5 Å². The van der Waals surface area contributed by atoms with Gasteiger partial charge in [-0.05, 0) is 61.2 Å². The lowest BCUT2D eigenvalue weighted by atomic mass is 10.00. The number of carbonyl (C=O) groups excluding carboxylic acids is 3. The summed E-state index contributed by atoms with van der Waals surface area (Å²) in [6, 6.07) is 20.7. The molecule has 0 saturated carbocycles. The number of nitrogens with zero attached hydrogens (tertiary/aromatic N) is 1. The van der Waals surface area contributed by atoms with Crippen molar-refractivity contribution in [3.63, 3.8) is 0 Å². The van der Waals surface area contributed by atoms with E-state index in [9.17, 15) is 19.5 Å². The summed E-state index contributed by atoms with van der Waals surface area (Å²) in [7, 11) is 0. The summed E-state index contributed by atoms with van der Waals surface area (Å²) in [6.07, 6.45) is 13.6. The van der Waals surface area contributed by atoms with Crippen LogP contribution in [0.15, 0.2) is 72.8 Å². The topological polar surface area (TPSA) is 108 Å². The van der Waals surface area contributed by atoms with Crippen LogP contribution in [-0.2, 0) is 0 Å². The molecule has 0 saturated heterocycles. The van der Waals surface area contributed by atoms with Crippen molar-refractivity contribution in [2.45, 2.75) is 111 Å². The SMILES string of the molecule is CCCCCCCCCCCCCCN(C(=O)Oc1ccc(C(C)C)cc1C(=O)NCC)c1cccc2c(O)c(C(=O)Nc3ccccc3Cl)ccc12. The van der Waals surface area contributed by atoms with E-state index in [0.29, 0.717) is 45.8 Å². The number of hydrogen-bond acceptors (Lipinski definition) is 5. The molecule has 0 fully saturated rings. The molecule has 8 nitrogen and oxygen atoms in total. The summed E-state index contributed by atoms with van der Waals surface area (Å²) >= 11 is 6.26. The van der Waals surface area contributed by atoms with E-state index in [1.165, 1.54) is 51.4 Å². The molecule has 4 aromatic carbocycles. The van der Waals surface area contributed by atoms with E-state index in [-0.39, 0.29) is 28.9 Å². The monoisotopic (exact) mass is 741 g/mol. The van der Waals surface area contributed by atoms with Crippen LogP contribution < -0.4 is 20.3 Å². The summed E-state index contributed by atoms with van der Waals surface area (Å²) in [6.45, 7) is 8.97. The van der Waals surface area contributed by atoms with E-state index in [1.807, 2.05) is 26.8 Å². The molecule has 53 heavy (non-hydrogen) atoms. The maximum atomic E-state index is 14.2. The first-order chi connectivity index (χ1) is 25.7. The molecule has 0 aliphatic rings. The molecule has 0 heterocycles. The highest BCUT2D eigenvalue weighted by molar-refractivity contribution is 6.34. The van der Waals surface area contributed by atoms with Crippen LogP contribution in [0.2, 0.25) is 5.02 Å². The van der Waals surface area contributed by atoms with Gasteiger partial charge in [-0.1, -0.05) is 139 Å². The maximum Gasteiger partial charge on any atom is 0.419 e. The standard InChI is InChI=1S/C44H56ClN3O5/c1-5-7-8-9-10-11-12-13-14-15-16-19-29-48(44(52)53-40-28-25-32(31(3)4)30-36(40)42(50)46-6-2)39-24-20-21-34-33(39)26-27-35(41(34)49)43(51)47-38-23-18-17-22-37(38)45/h17-18,20-28,30-31,49H,5-16,19,29H2,1-4H3,(H,46,50)(H,47,51). The number of halogens is 1. The van der Waals surface area contributed by atoms with E-state index in [1.54, 1.807) is 71.6 Å². The van der Waals surface area contributed by atoms with Gasteiger partial charge in [0.2, 0.25) is 0 Å². The van der Waals surface area contributed by atoms with E-state index >= 15 is 0 Å². The first-order valence-electron chi connectivity index (χ1n) is 19.4. The zero-order valence-electron chi connectivity index (χ0n) is 31.8. The van der Waals surface area contributed by atoms with Crippen molar-refractivity contribution in [2.75, 3.05) is 23.3 Å². The van der Waals surface area contributed by atoms with Crippen molar-refractivity contribution in [2.24, 2.45) is 0 Å². The Kier molecular flexibility index (Phi) is 16.5. The summed E-state index contributed by atoms with van der Waals surface area (Å²) in [5.41, 5.74) is 2.28. The third kappa shape index (κ3) is 11.7. The van der Waals surface area contributed by atoms with Crippen LogP contribution in [0.5, 0.6) is 11.5 Å². The third-order valence-electron chi connectivity index (χ3n) is 9.57. The van der Waals surface area contributed by atoms with Crippen molar-refractivity contribution in [1.82, 2.24) is 5.32 Å². The highest BCUT2D eigenvalue weighted by atomic mass is 35.5. The second kappa shape index (κ2) is 21.2. The lowest BCUT2D eigenvalue weighted by molar-refractivity contribution is 0.0952. The van der Waals surface area contributed by atoms with Crippen LogP contribution in [0.4, 0.5) is 16.2 Å². The van der Waals surface area contributed by atoms with Gasteiger partial charge in [-0.25, -0.2) is 4.79 Å². The van der Waals surface area contributed by atoms with E-state index in [2.05, 4.69) is 17.6 Å². The minimum Gasteiger partial charge on any atom is -0.506 e. The molecule has 284 valence electrons. The molecule has 3 N–H and O–H groups in total. The molecule has 0 atom stereocenters. The fourth-order valence-corrected chi connectivity index (χ4v) is 6.68. The number of carbonyl (C=O) groups is 3. The van der Waals surface area contributed by atoms with Gasteiger partial charge in [0.25, 0.3) is 11.8 Å². The van der Waals surface area contributed by atoms with Gasteiger partial charge in [-0.15, -0.1) is 0 Å². The minimum absolute atomic E-state index is 0.0708. The normalized spacial score (nSPS) is 11.1. The molecular formula is C44H56ClN3O5. The summed E-state index contributed by atoms with van der Waals surface area (Å²) in [4.78, 5) is 42.1. The minimum atomic E-state index is -0.636. The van der Waals surface area contributed by atoms with Crippen molar-refractivity contribution in [3.05, 3.63) is 94.5 Å². The Morgan fingerprint density at radius 2 is 1.40 bits per heavy atom. The maximum absolute atomic E-state index is 14.2. The number of phenols is 1. The molecule has 0 aromatic heterocycles. The first-order valence-corrected chi connectivity index (χ1v) is 19.8. The number of ether oxygens (including phenoxy) is 1. The van der Waals surface area contributed by atoms with Gasteiger partial charge in [0, 0.05) is 23.9 Å². The number of unbranched alkanes of at least 4 members (excludes halogenated alkanes) is 11. The second-order valence-electron chi connectivity index (χ2n) is 13.9. The number of fused-ring (bicyclic) bond motifs is 1. The predicted molar refractivity (Wildman–Crippen MR) is 218 cm³/mol. The molecule has 0 radical (unpaired) electrons. The fourth-order valence-electron chi connectivity index (χ4n) is 6.50. The Bertz CT molecular complexity index is 1820. The van der Waals surface area contributed by atoms with E-state index in [4.69, 9.17) is 16.3 Å². The summed E-state index contributed by atoms with van der Waals surface area (Å²) in [5, 5.41) is 18.3. The zero-order chi connectivity index (χ0) is 38.2. The molecular weight excluding hydrogens is 686 g/mol. The Morgan fingerprint density at radius 1 is 0.736 bits per heavy atom. The largest absolute Gasteiger partial charge is 0.506 e. The number of para-hydroxylation sites is 1. The lowest BCUT2D eigenvalue weighted by Crippen LogP contribution is -2.35. The molecule has 3 amide bonds. The Hall–Kier alpha value is -4.56. The zero-order valence-corrected chi connectivity index (χ0v) is 32.6. The van der Waals surface area contributed by atoms with Crippen molar-refractivity contribution >= 4 is 51.7 Å². The summed E-state index contributed by atoms with van der Waals surface area (Å²) in [5.74, 6) is -0.696. The van der Waals surface area contributed by atoms with Crippen LogP contribution in [0.3, 0.4) is 0 Å². The molecule has 0 unspecified atom stereocenters. The van der Waals surface area contributed by atoms with Gasteiger partial charge in [-0.2, -0.15) is 0 Å². The molecule has 9 heteroatoms. The number of amides is 3. The van der Waals surface area contributed by atoms with Gasteiger partial charge in [0.05, 0.1) is 27.5 Å². The first kappa shape index (κ1) is 41.2. The van der Waals surface area contributed by atoms with Gasteiger partial charge in [-0.3, -0.25) is 14.5 Å². The van der Waals surface area contributed by atoms with Gasteiger partial charge >= 0.3 is 6.09 Å². The molecule has 0 aliphatic heterocycles. The number of phenolic OH excluding ortho intramolecular Hbond substituents is 1. The third-order valence-corrected chi connectivity index (χ3v) is 9.90. The smallest absolute Gasteiger partial charge is 0.419 e. The number of nitrogens with one attached hydrogen (secondary N) is 2. The van der Waals surface area contributed by atoms with Gasteiger partial charge in [0.1, 0.15) is 11.5 Å². The number of benzene rings is 4. The average Bonchev–Trinajstić information content (AvgIpc) is 3.14. The molecule has 0 bridgehead atoms. The Labute approximate surface area is 320 Å². The summed E-state index contributed by atoms with van der Waals surface area (Å²) < 4.78 is 6.03. The lowest BCUT2D eigenvalue weighted by Gasteiger charge is -2.25. The fraction of sp³-hybridized carbons (Fsp3) is 0.432. The predicted octanol–water partition coefficient (Wildman–Crippen LogP) is 12.0.